The van der Waals surface area contributed by atoms with Crippen LogP contribution < -0.4 is 10.6 Å². The molecule has 0 fully saturated rings. The minimum Gasteiger partial charge on any atom is -0.395 e. The molecule has 21 heavy (non-hydrogen) atoms. The highest BCUT2D eigenvalue weighted by Gasteiger charge is 2.20. The number of hydrogen-bond donors (Lipinski definition) is 3. The number of anilines is 1. The number of unbranched alkanes of at least 4 members (excludes halogenated alkanes) is 1. The fourth-order valence-electron chi connectivity index (χ4n) is 2.86. The Morgan fingerprint density at radius 2 is 2.14 bits per heavy atom. The average molecular weight is 290 g/mol. The van der Waals surface area contributed by atoms with Gasteiger partial charge in [-0.2, -0.15) is 0 Å². The second kappa shape index (κ2) is 7.41. The number of rotatable bonds is 7. The zero-order valence-electron chi connectivity index (χ0n) is 12.9. The fraction of sp³-hybridized carbons (Fsp3) is 0.625. The van der Waals surface area contributed by atoms with Gasteiger partial charge in [0.05, 0.1) is 12.2 Å². The Balaban J connectivity index is 2.40. The summed E-state index contributed by atoms with van der Waals surface area (Å²) in [5, 5.41) is 17.2. The predicted octanol–water partition coefficient (Wildman–Crippen LogP) is 1.84. The van der Waals surface area contributed by atoms with Gasteiger partial charge in [-0.3, -0.25) is 5.41 Å². The van der Waals surface area contributed by atoms with Gasteiger partial charge in [0.2, 0.25) is 0 Å². The van der Waals surface area contributed by atoms with Crippen LogP contribution in [0.5, 0.6) is 0 Å². The number of nitrogen functional groups attached to an aromatic ring is 1. The van der Waals surface area contributed by atoms with E-state index in [9.17, 15) is 5.11 Å². The molecule has 0 aliphatic heterocycles. The molecule has 0 atom stereocenters. The second-order valence-electron chi connectivity index (χ2n) is 5.65. The third-order valence-corrected chi connectivity index (χ3v) is 4.02. The number of fused-ring (bicyclic) bond motifs is 1. The minimum absolute atomic E-state index is 0.0605. The van der Waals surface area contributed by atoms with Crippen molar-refractivity contribution in [1.82, 2.24) is 4.98 Å². The summed E-state index contributed by atoms with van der Waals surface area (Å²) in [5.74, 6) is 0.830. The third kappa shape index (κ3) is 3.73. The number of aromatic nitrogens is 1. The Hall–Kier alpha value is -1.62. The first kappa shape index (κ1) is 15.8. The van der Waals surface area contributed by atoms with E-state index >= 15 is 0 Å². The second-order valence-corrected chi connectivity index (χ2v) is 5.65. The lowest BCUT2D eigenvalue weighted by molar-refractivity contribution is 0.301. The van der Waals surface area contributed by atoms with Crippen LogP contribution in [0.1, 0.15) is 49.4 Å². The van der Waals surface area contributed by atoms with Crippen LogP contribution in [0.4, 0.5) is 5.82 Å². The Morgan fingerprint density at radius 1 is 1.38 bits per heavy atom. The van der Waals surface area contributed by atoms with Gasteiger partial charge in [-0.1, -0.05) is 13.3 Å². The zero-order chi connectivity index (χ0) is 15.2. The number of aliphatic hydroxyl groups is 1. The molecular weight excluding hydrogens is 264 g/mol. The molecule has 0 amide bonds. The van der Waals surface area contributed by atoms with Crippen LogP contribution in [0.3, 0.4) is 0 Å². The van der Waals surface area contributed by atoms with E-state index in [-0.39, 0.29) is 12.4 Å². The fourth-order valence-corrected chi connectivity index (χ4v) is 2.86. The first-order chi connectivity index (χ1) is 10.2. The summed E-state index contributed by atoms with van der Waals surface area (Å²) in [5.41, 5.74) is 8.84. The van der Waals surface area contributed by atoms with Gasteiger partial charge in [0.15, 0.2) is 0 Å². The van der Waals surface area contributed by atoms with E-state index in [1.807, 2.05) is 6.07 Å². The van der Waals surface area contributed by atoms with Gasteiger partial charge in [-0.25, -0.2) is 4.98 Å². The number of aryl methyl sites for hydroxylation is 2. The summed E-state index contributed by atoms with van der Waals surface area (Å²) in [4.78, 5) is 6.86. The van der Waals surface area contributed by atoms with Crippen molar-refractivity contribution in [2.24, 2.45) is 5.73 Å². The largest absolute Gasteiger partial charge is 0.395 e. The summed E-state index contributed by atoms with van der Waals surface area (Å²) >= 11 is 0. The molecule has 1 aliphatic rings. The maximum Gasteiger partial charge on any atom is 0.139 e. The number of hydrogen-bond acceptors (Lipinski definition) is 4. The van der Waals surface area contributed by atoms with Crippen molar-refractivity contribution >= 4 is 11.7 Å². The van der Waals surface area contributed by atoms with Crippen LogP contribution in [0.15, 0.2) is 6.07 Å². The van der Waals surface area contributed by atoms with E-state index in [0.717, 1.165) is 43.7 Å². The molecule has 0 radical (unpaired) electrons. The number of amidine groups is 1. The van der Waals surface area contributed by atoms with E-state index in [2.05, 4.69) is 11.8 Å². The van der Waals surface area contributed by atoms with Crippen LogP contribution >= 0.6 is 0 Å². The van der Waals surface area contributed by atoms with E-state index in [0.29, 0.717) is 12.1 Å². The molecule has 2 rings (SSSR count). The average Bonchev–Trinajstić information content (AvgIpc) is 2.50. The Morgan fingerprint density at radius 3 is 2.81 bits per heavy atom. The summed E-state index contributed by atoms with van der Waals surface area (Å²) in [6, 6.07) is 2.04. The van der Waals surface area contributed by atoms with Gasteiger partial charge in [-0.05, 0) is 43.7 Å². The van der Waals surface area contributed by atoms with Crippen LogP contribution in [0.25, 0.3) is 0 Å². The van der Waals surface area contributed by atoms with Gasteiger partial charge in [0.1, 0.15) is 11.7 Å². The number of nitrogens with zero attached hydrogens (tertiary/aromatic N) is 2. The Kier molecular flexibility index (Phi) is 5.56. The van der Waals surface area contributed by atoms with Crippen molar-refractivity contribution in [3.8, 4) is 0 Å². The number of nitrogens with one attached hydrogen (secondary N) is 1. The Bertz CT molecular complexity index is 501. The van der Waals surface area contributed by atoms with Crippen molar-refractivity contribution in [2.75, 3.05) is 24.6 Å². The number of pyridine rings is 1. The van der Waals surface area contributed by atoms with Crippen molar-refractivity contribution in [1.29, 1.82) is 5.41 Å². The van der Waals surface area contributed by atoms with Crippen LogP contribution in [-0.4, -0.2) is 35.6 Å². The first-order valence-corrected chi connectivity index (χ1v) is 7.90. The summed E-state index contributed by atoms with van der Waals surface area (Å²) < 4.78 is 0. The molecule has 1 aromatic heterocycles. The van der Waals surface area contributed by atoms with E-state index in [4.69, 9.17) is 16.1 Å². The van der Waals surface area contributed by atoms with E-state index in [1.54, 1.807) is 0 Å². The van der Waals surface area contributed by atoms with Crippen molar-refractivity contribution < 1.29 is 5.11 Å². The molecule has 0 saturated heterocycles. The SMILES string of the molecule is CCCCN(CCO)c1nc2c(cc1C(=N)N)CCCC2. The lowest BCUT2D eigenvalue weighted by Gasteiger charge is -2.27. The highest BCUT2D eigenvalue weighted by Crippen LogP contribution is 2.26. The smallest absolute Gasteiger partial charge is 0.139 e. The molecule has 5 nitrogen and oxygen atoms in total. The lowest BCUT2D eigenvalue weighted by Crippen LogP contribution is -2.32. The molecule has 1 aromatic rings. The molecule has 116 valence electrons. The van der Waals surface area contributed by atoms with Crippen molar-refractivity contribution in [3.05, 3.63) is 22.9 Å². The molecule has 0 unspecified atom stereocenters. The summed E-state index contributed by atoms with van der Waals surface area (Å²) in [6.07, 6.45) is 6.51. The van der Waals surface area contributed by atoms with Crippen molar-refractivity contribution in [3.63, 3.8) is 0 Å². The van der Waals surface area contributed by atoms with Crippen LogP contribution in [-0.2, 0) is 12.8 Å². The highest BCUT2D eigenvalue weighted by molar-refractivity contribution is 5.99. The molecule has 0 saturated carbocycles. The standard InChI is InChI=1S/C16H26N4O/c1-2-3-8-20(9-10-21)16-13(15(17)18)11-12-6-4-5-7-14(12)19-16/h11,21H,2-10H2,1H3,(H3,17,18). The zero-order valence-corrected chi connectivity index (χ0v) is 12.9. The maximum atomic E-state index is 9.31. The van der Waals surface area contributed by atoms with Gasteiger partial charge in [0.25, 0.3) is 0 Å². The van der Waals surface area contributed by atoms with E-state index < -0.39 is 0 Å². The topological polar surface area (TPSA) is 86.2 Å². The summed E-state index contributed by atoms with van der Waals surface area (Å²) in [7, 11) is 0. The minimum atomic E-state index is 0.0605. The molecular formula is C16H26N4O. The summed E-state index contributed by atoms with van der Waals surface area (Å²) in [6.45, 7) is 3.60. The van der Waals surface area contributed by atoms with Gasteiger partial charge >= 0.3 is 0 Å². The first-order valence-electron chi connectivity index (χ1n) is 7.90. The lowest BCUT2D eigenvalue weighted by atomic mass is 9.94. The molecule has 4 N–H and O–H groups in total. The third-order valence-electron chi connectivity index (χ3n) is 4.02. The van der Waals surface area contributed by atoms with Crippen LogP contribution in [0, 0.1) is 5.41 Å². The monoisotopic (exact) mass is 290 g/mol. The van der Waals surface area contributed by atoms with Gasteiger partial charge in [0, 0.05) is 18.8 Å². The number of nitrogens with two attached hydrogens (primary N) is 1. The van der Waals surface area contributed by atoms with E-state index in [1.165, 1.54) is 18.4 Å². The van der Waals surface area contributed by atoms with Crippen molar-refractivity contribution in [2.45, 2.75) is 45.4 Å². The molecule has 0 aromatic carbocycles. The van der Waals surface area contributed by atoms with Crippen LogP contribution in [0.2, 0.25) is 0 Å². The maximum absolute atomic E-state index is 9.31. The molecule has 1 heterocycles. The predicted molar refractivity (Wildman–Crippen MR) is 86.1 cm³/mol. The quantitative estimate of drug-likeness (QED) is 0.528. The molecule has 5 heteroatoms. The normalized spacial score (nSPS) is 13.8. The highest BCUT2D eigenvalue weighted by atomic mass is 16.3. The number of aliphatic hydroxyl groups excluding tert-OH is 1. The molecule has 1 aliphatic carbocycles. The molecule has 0 spiro atoms. The van der Waals surface area contributed by atoms with Gasteiger partial charge in [-0.15, -0.1) is 0 Å². The Labute approximate surface area is 126 Å². The van der Waals surface area contributed by atoms with Gasteiger partial charge < -0.3 is 15.7 Å². The molecule has 0 bridgehead atoms.